The van der Waals surface area contributed by atoms with E-state index in [2.05, 4.69) is 15.2 Å². The van der Waals surface area contributed by atoms with E-state index in [1.165, 1.54) is 12.1 Å². The molecule has 1 aliphatic heterocycles. The number of anilines is 2. The van der Waals surface area contributed by atoms with Crippen LogP contribution in [0, 0.1) is 5.82 Å². The van der Waals surface area contributed by atoms with E-state index >= 15 is 0 Å². The highest BCUT2D eigenvalue weighted by atomic mass is 35.5. The van der Waals surface area contributed by atoms with E-state index < -0.39 is 5.82 Å². The highest BCUT2D eigenvalue weighted by Crippen LogP contribution is 2.19. The van der Waals surface area contributed by atoms with Gasteiger partial charge in [-0.1, -0.05) is 23.7 Å². The number of nitrogens with one attached hydrogen (secondary N) is 1. The summed E-state index contributed by atoms with van der Waals surface area (Å²) in [5.41, 5.74) is 0.647. The lowest BCUT2D eigenvalue weighted by Crippen LogP contribution is -2.35. The molecule has 4 rings (SSSR count). The maximum absolute atomic E-state index is 14.0. The third-order valence-corrected chi connectivity index (χ3v) is 5.68. The Balaban J connectivity index is 1.29. The molecule has 1 aliphatic rings. The Morgan fingerprint density at radius 2 is 1.79 bits per heavy atom. The van der Waals surface area contributed by atoms with Gasteiger partial charge in [0.1, 0.15) is 17.4 Å². The Morgan fingerprint density at radius 3 is 2.53 bits per heavy atom. The van der Waals surface area contributed by atoms with E-state index in [4.69, 9.17) is 16.3 Å². The van der Waals surface area contributed by atoms with Gasteiger partial charge in [-0.15, -0.1) is 0 Å². The topological polar surface area (TPSA) is 74.8 Å². The maximum atomic E-state index is 14.0. The van der Waals surface area contributed by atoms with Crippen LogP contribution in [-0.2, 0) is 4.79 Å². The summed E-state index contributed by atoms with van der Waals surface area (Å²) in [5.74, 6) is 0.187. The predicted octanol–water partition coefficient (Wildman–Crippen LogP) is 4.24. The van der Waals surface area contributed by atoms with Gasteiger partial charge in [-0.25, -0.2) is 9.37 Å². The molecule has 1 aromatic heterocycles. The van der Waals surface area contributed by atoms with E-state index in [1.807, 2.05) is 6.07 Å². The number of nitrogens with zero attached hydrogens (tertiary/aromatic N) is 3. The third-order valence-electron chi connectivity index (χ3n) is 5.43. The molecule has 2 aromatic carbocycles. The fraction of sp³-hybridized carbons (Fsp3) is 0.240. The number of amides is 2. The van der Waals surface area contributed by atoms with Crippen LogP contribution in [0.3, 0.4) is 0 Å². The van der Waals surface area contributed by atoms with E-state index in [0.29, 0.717) is 42.6 Å². The molecule has 0 atom stereocenters. The minimum absolute atomic E-state index is 0.0919. The monoisotopic (exact) mass is 482 g/mol. The normalized spacial score (nSPS) is 13.8. The minimum atomic E-state index is -0.508. The molecule has 0 saturated carbocycles. The Kier molecular flexibility index (Phi) is 7.59. The SMILES string of the molecule is O=C(COc1ccc(Cl)cc1)Nc1ccc(N2CCCN(C(=O)c3ccccc3F)CC2)nc1. The van der Waals surface area contributed by atoms with Crippen molar-refractivity contribution in [1.82, 2.24) is 9.88 Å². The summed E-state index contributed by atoms with van der Waals surface area (Å²) in [7, 11) is 0. The standard InChI is InChI=1S/C25H24ClFN4O3/c26-18-6-9-20(10-7-18)34-17-24(32)29-19-8-11-23(28-16-19)30-12-3-13-31(15-14-30)25(33)21-4-1-2-5-22(21)27/h1-2,4-11,16H,3,12-15,17H2,(H,29,32). The van der Waals surface area contributed by atoms with Gasteiger partial charge in [-0.2, -0.15) is 0 Å². The zero-order valence-electron chi connectivity index (χ0n) is 18.4. The van der Waals surface area contributed by atoms with Gasteiger partial charge in [0.05, 0.1) is 17.4 Å². The van der Waals surface area contributed by atoms with Gasteiger partial charge >= 0.3 is 0 Å². The van der Waals surface area contributed by atoms with Gasteiger partial charge in [0.2, 0.25) is 0 Å². The molecule has 0 radical (unpaired) electrons. The number of benzene rings is 2. The molecule has 1 fully saturated rings. The quantitative estimate of drug-likeness (QED) is 0.568. The van der Waals surface area contributed by atoms with E-state index in [9.17, 15) is 14.0 Å². The Bertz CT molecular complexity index is 1140. The first kappa shape index (κ1) is 23.5. The highest BCUT2D eigenvalue weighted by Gasteiger charge is 2.22. The molecular weight excluding hydrogens is 459 g/mol. The second-order valence-electron chi connectivity index (χ2n) is 7.81. The maximum Gasteiger partial charge on any atom is 0.262 e. The van der Waals surface area contributed by atoms with Crippen LogP contribution in [0.1, 0.15) is 16.8 Å². The summed E-state index contributed by atoms with van der Waals surface area (Å²) in [6.45, 7) is 2.17. The first-order valence-electron chi connectivity index (χ1n) is 10.9. The van der Waals surface area contributed by atoms with E-state index in [-0.39, 0.29) is 24.0 Å². The fourth-order valence-electron chi connectivity index (χ4n) is 3.68. The molecule has 1 saturated heterocycles. The van der Waals surface area contributed by atoms with Crippen LogP contribution in [0.4, 0.5) is 15.9 Å². The summed E-state index contributed by atoms with van der Waals surface area (Å²) in [6.07, 6.45) is 2.32. The molecule has 0 aliphatic carbocycles. The molecule has 2 amide bonds. The van der Waals surface area contributed by atoms with Gasteiger partial charge in [-0.3, -0.25) is 9.59 Å². The van der Waals surface area contributed by atoms with Gasteiger partial charge < -0.3 is 19.9 Å². The van der Waals surface area contributed by atoms with Gasteiger partial charge in [-0.05, 0) is 55.0 Å². The average Bonchev–Trinajstić information content (AvgIpc) is 3.11. The van der Waals surface area contributed by atoms with Crippen LogP contribution in [0.5, 0.6) is 5.75 Å². The van der Waals surface area contributed by atoms with Crippen LogP contribution < -0.4 is 15.0 Å². The van der Waals surface area contributed by atoms with Crippen molar-refractivity contribution >= 4 is 34.9 Å². The molecule has 9 heteroatoms. The zero-order valence-corrected chi connectivity index (χ0v) is 19.2. The number of halogens is 2. The molecule has 0 unspecified atom stereocenters. The number of hydrogen-bond donors (Lipinski definition) is 1. The molecule has 176 valence electrons. The Hall–Kier alpha value is -3.65. The highest BCUT2D eigenvalue weighted by molar-refractivity contribution is 6.30. The molecule has 7 nitrogen and oxygen atoms in total. The summed E-state index contributed by atoms with van der Waals surface area (Å²) < 4.78 is 19.4. The molecule has 0 spiro atoms. The van der Waals surface area contributed by atoms with E-state index in [1.54, 1.807) is 53.6 Å². The molecule has 0 bridgehead atoms. The fourth-order valence-corrected chi connectivity index (χ4v) is 3.80. The number of hydrogen-bond acceptors (Lipinski definition) is 5. The molecule has 2 heterocycles. The number of pyridine rings is 1. The predicted molar refractivity (Wildman–Crippen MR) is 129 cm³/mol. The number of rotatable bonds is 6. The smallest absolute Gasteiger partial charge is 0.262 e. The van der Waals surface area contributed by atoms with Crippen LogP contribution in [0.25, 0.3) is 0 Å². The molecule has 34 heavy (non-hydrogen) atoms. The summed E-state index contributed by atoms with van der Waals surface area (Å²) in [4.78, 5) is 33.1. The summed E-state index contributed by atoms with van der Waals surface area (Å²) in [5, 5.41) is 3.35. The third kappa shape index (κ3) is 6.02. The molecular formula is C25H24ClFN4O3. The zero-order chi connectivity index (χ0) is 23.9. The van der Waals surface area contributed by atoms with Gasteiger partial charge in [0.15, 0.2) is 6.61 Å². The number of aromatic nitrogens is 1. The van der Waals surface area contributed by atoms with Crippen molar-refractivity contribution in [3.63, 3.8) is 0 Å². The average molecular weight is 483 g/mol. The first-order chi connectivity index (χ1) is 16.5. The van der Waals surface area contributed by atoms with Gasteiger partial charge in [0.25, 0.3) is 11.8 Å². The number of ether oxygens (including phenoxy) is 1. The number of carbonyl (C=O) groups is 2. The van der Waals surface area contributed by atoms with Crippen LogP contribution in [0.2, 0.25) is 5.02 Å². The molecule has 1 N–H and O–H groups in total. The lowest BCUT2D eigenvalue weighted by molar-refractivity contribution is -0.118. The van der Waals surface area contributed by atoms with Crippen molar-refractivity contribution in [2.24, 2.45) is 0 Å². The van der Waals surface area contributed by atoms with Crippen molar-refractivity contribution in [1.29, 1.82) is 0 Å². The second-order valence-corrected chi connectivity index (χ2v) is 8.24. The van der Waals surface area contributed by atoms with Crippen molar-refractivity contribution in [2.45, 2.75) is 6.42 Å². The Morgan fingerprint density at radius 1 is 1.00 bits per heavy atom. The molecule has 3 aromatic rings. The largest absolute Gasteiger partial charge is 0.484 e. The van der Waals surface area contributed by atoms with Crippen LogP contribution >= 0.6 is 11.6 Å². The Labute approximate surface area is 202 Å². The van der Waals surface area contributed by atoms with Crippen LogP contribution in [0.15, 0.2) is 66.9 Å². The van der Waals surface area contributed by atoms with Crippen molar-refractivity contribution in [3.8, 4) is 5.75 Å². The van der Waals surface area contributed by atoms with Gasteiger partial charge in [0, 0.05) is 31.2 Å². The number of carbonyl (C=O) groups excluding carboxylic acids is 2. The lowest BCUT2D eigenvalue weighted by Gasteiger charge is -2.23. The minimum Gasteiger partial charge on any atom is -0.484 e. The van der Waals surface area contributed by atoms with Crippen LogP contribution in [-0.4, -0.2) is 54.5 Å². The summed E-state index contributed by atoms with van der Waals surface area (Å²) in [6, 6.07) is 16.4. The lowest BCUT2D eigenvalue weighted by atomic mass is 10.2. The summed E-state index contributed by atoms with van der Waals surface area (Å²) >= 11 is 5.84. The van der Waals surface area contributed by atoms with Crippen molar-refractivity contribution < 1.29 is 18.7 Å². The van der Waals surface area contributed by atoms with E-state index in [0.717, 1.165) is 12.2 Å². The second kappa shape index (κ2) is 11.0. The first-order valence-corrected chi connectivity index (χ1v) is 11.3. The van der Waals surface area contributed by atoms with Crippen molar-refractivity contribution in [2.75, 3.05) is 43.0 Å². The van der Waals surface area contributed by atoms with Crippen molar-refractivity contribution in [3.05, 3.63) is 83.3 Å².